The zero-order valence-electron chi connectivity index (χ0n) is 7.82. The van der Waals surface area contributed by atoms with Crippen molar-refractivity contribution in [1.29, 1.82) is 0 Å². The van der Waals surface area contributed by atoms with Crippen LogP contribution in [0.5, 0.6) is 0 Å². The second kappa shape index (κ2) is 3.54. The number of rotatable bonds is 2. The SMILES string of the molecule is CC(=O)OCc1cc2ccccc2o1. The summed E-state index contributed by atoms with van der Waals surface area (Å²) in [5.41, 5.74) is 0.814. The van der Waals surface area contributed by atoms with Gasteiger partial charge in [0, 0.05) is 12.3 Å². The van der Waals surface area contributed by atoms with Crippen LogP contribution in [0.4, 0.5) is 0 Å². The van der Waals surface area contributed by atoms with E-state index in [1.165, 1.54) is 6.92 Å². The lowest BCUT2D eigenvalue weighted by atomic mass is 10.2. The zero-order valence-corrected chi connectivity index (χ0v) is 7.82. The molecular weight excluding hydrogens is 180 g/mol. The van der Waals surface area contributed by atoms with Crippen LogP contribution in [0.1, 0.15) is 12.7 Å². The van der Waals surface area contributed by atoms with E-state index in [0.717, 1.165) is 11.0 Å². The van der Waals surface area contributed by atoms with Gasteiger partial charge in [-0.3, -0.25) is 4.79 Å². The first-order valence-electron chi connectivity index (χ1n) is 4.36. The molecule has 1 heterocycles. The van der Waals surface area contributed by atoms with E-state index < -0.39 is 0 Å². The van der Waals surface area contributed by atoms with Gasteiger partial charge in [-0.1, -0.05) is 18.2 Å². The molecule has 0 radical (unpaired) electrons. The van der Waals surface area contributed by atoms with Gasteiger partial charge in [-0.15, -0.1) is 0 Å². The number of carbonyl (C=O) groups is 1. The fraction of sp³-hybridized carbons (Fsp3) is 0.182. The quantitative estimate of drug-likeness (QED) is 0.683. The van der Waals surface area contributed by atoms with Crippen LogP contribution in [0.2, 0.25) is 0 Å². The van der Waals surface area contributed by atoms with Gasteiger partial charge in [-0.05, 0) is 12.1 Å². The molecule has 3 heteroatoms. The van der Waals surface area contributed by atoms with Crippen molar-refractivity contribution < 1.29 is 13.9 Å². The summed E-state index contributed by atoms with van der Waals surface area (Å²) in [6.07, 6.45) is 0. The number of furan rings is 1. The van der Waals surface area contributed by atoms with Crippen LogP contribution in [-0.2, 0) is 16.1 Å². The van der Waals surface area contributed by atoms with E-state index in [-0.39, 0.29) is 12.6 Å². The van der Waals surface area contributed by atoms with E-state index in [9.17, 15) is 4.79 Å². The molecular formula is C11H10O3. The molecule has 2 rings (SSSR count). The second-order valence-electron chi connectivity index (χ2n) is 3.03. The van der Waals surface area contributed by atoms with Crippen LogP contribution in [0.15, 0.2) is 34.7 Å². The topological polar surface area (TPSA) is 39.4 Å². The number of benzene rings is 1. The van der Waals surface area contributed by atoms with Crippen molar-refractivity contribution in [2.45, 2.75) is 13.5 Å². The summed E-state index contributed by atoms with van der Waals surface area (Å²) >= 11 is 0. The van der Waals surface area contributed by atoms with Gasteiger partial charge in [0.15, 0.2) is 0 Å². The molecule has 0 fully saturated rings. The fourth-order valence-corrected chi connectivity index (χ4v) is 1.28. The standard InChI is InChI=1S/C11H10O3/c1-8(12)13-7-10-6-9-4-2-3-5-11(9)14-10/h2-6H,7H2,1H3. The van der Waals surface area contributed by atoms with Gasteiger partial charge in [0.1, 0.15) is 18.0 Å². The van der Waals surface area contributed by atoms with Gasteiger partial charge in [0.25, 0.3) is 0 Å². The van der Waals surface area contributed by atoms with Crippen molar-refractivity contribution in [2.24, 2.45) is 0 Å². The van der Waals surface area contributed by atoms with Crippen molar-refractivity contribution >= 4 is 16.9 Å². The van der Waals surface area contributed by atoms with Gasteiger partial charge in [0.05, 0.1) is 0 Å². The first-order valence-corrected chi connectivity index (χ1v) is 4.36. The smallest absolute Gasteiger partial charge is 0.303 e. The monoisotopic (exact) mass is 190 g/mol. The van der Waals surface area contributed by atoms with E-state index in [0.29, 0.717) is 5.76 Å². The average Bonchev–Trinajstić information content (AvgIpc) is 2.57. The maximum atomic E-state index is 10.6. The van der Waals surface area contributed by atoms with E-state index >= 15 is 0 Å². The second-order valence-corrected chi connectivity index (χ2v) is 3.03. The Kier molecular flexibility index (Phi) is 2.23. The number of fused-ring (bicyclic) bond motifs is 1. The van der Waals surface area contributed by atoms with E-state index in [4.69, 9.17) is 9.15 Å². The molecule has 0 saturated heterocycles. The molecule has 2 aromatic rings. The summed E-state index contributed by atoms with van der Waals surface area (Å²) < 4.78 is 10.3. The first kappa shape index (κ1) is 8.81. The first-order chi connectivity index (χ1) is 6.75. The van der Waals surface area contributed by atoms with Crippen molar-refractivity contribution in [3.8, 4) is 0 Å². The molecule has 0 bridgehead atoms. The highest BCUT2D eigenvalue weighted by molar-refractivity contribution is 5.77. The van der Waals surface area contributed by atoms with Crippen molar-refractivity contribution in [1.82, 2.24) is 0 Å². The Morgan fingerprint density at radius 2 is 2.21 bits per heavy atom. The highest BCUT2D eigenvalue weighted by Gasteiger charge is 2.03. The highest BCUT2D eigenvalue weighted by atomic mass is 16.5. The normalized spacial score (nSPS) is 10.4. The summed E-state index contributed by atoms with van der Waals surface area (Å²) in [5, 5.41) is 1.02. The molecule has 1 aromatic heterocycles. The molecule has 0 aliphatic heterocycles. The molecule has 1 aromatic carbocycles. The van der Waals surface area contributed by atoms with Crippen LogP contribution < -0.4 is 0 Å². The fourth-order valence-electron chi connectivity index (χ4n) is 1.28. The lowest BCUT2D eigenvalue weighted by molar-refractivity contribution is -0.142. The molecule has 0 N–H and O–H groups in total. The van der Waals surface area contributed by atoms with Gasteiger partial charge in [0.2, 0.25) is 0 Å². The minimum atomic E-state index is -0.301. The maximum Gasteiger partial charge on any atom is 0.303 e. The van der Waals surface area contributed by atoms with Crippen molar-refractivity contribution in [3.05, 3.63) is 36.1 Å². The molecule has 0 atom stereocenters. The zero-order chi connectivity index (χ0) is 9.97. The third kappa shape index (κ3) is 1.76. The van der Waals surface area contributed by atoms with Crippen LogP contribution >= 0.6 is 0 Å². The summed E-state index contributed by atoms with van der Waals surface area (Å²) in [4.78, 5) is 10.6. The largest absolute Gasteiger partial charge is 0.458 e. The molecule has 0 amide bonds. The summed E-state index contributed by atoms with van der Waals surface area (Å²) in [5.74, 6) is 0.367. The molecule has 14 heavy (non-hydrogen) atoms. The lowest BCUT2D eigenvalue weighted by Crippen LogP contribution is -1.97. The summed E-state index contributed by atoms with van der Waals surface area (Å²) in [7, 11) is 0. The minimum absolute atomic E-state index is 0.198. The Morgan fingerprint density at radius 3 is 2.93 bits per heavy atom. The maximum absolute atomic E-state index is 10.6. The Hall–Kier alpha value is -1.77. The van der Waals surface area contributed by atoms with E-state index in [2.05, 4.69) is 0 Å². The Balaban J connectivity index is 2.22. The number of ether oxygens (including phenoxy) is 1. The van der Waals surface area contributed by atoms with Crippen LogP contribution in [0, 0.1) is 0 Å². The number of carbonyl (C=O) groups excluding carboxylic acids is 1. The third-order valence-corrected chi connectivity index (χ3v) is 1.89. The van der Waals surface area contributed by atoms with Gasteiger partial charge < -0.3 is 9.15 Å². The highest BCUT2D eigenvalue weighted by Crippen LogP contribution is 2.19. The Labute approximate surface area is 81.3 Å². The van der Waals surface area contributed by atoms with E-state index in [1.54, 1.807) is 0 Å². The minimum Gasteiger partial charge on any atom is -0.458 e. The summed E-state index contributed by atoms with van der Waals surface area (Å²) in [6.45, 7) is 1.58. The van der Waals surface area contributed by atoms with Crippen molar-refractivity contribution in [2.75, 3.05) is 0 Å². The van der Waals surface area contributed by atoms with Gasteiger partial charge in [-0.25, -0.2) is 0 Å². The summed E-state index contributed by atoms with van der Waals surface area (Å²) in [6, 6.07) is 9.55. The average molecular weight is 190 g/mol. The predicted molar refractivity (Wildman–Crippen MR) is 51.7 cm³/mol. The Morgan fingerprint density at radius 1 is 1.43 bits per heavy atom. The van der Waals surface area contributed by atoms with Gasteiger partial charge in [-0.2, -0.15) is 0 Å². The van der Waals surface area contributed by atoms with Crippen LogP contribution in [-0.4, -0.2) is 5.97 Å². The molecule has 72 valence electrons. The van der Waals surface area contributed by atoms with Crippen molar-refractivity contribution in [3.63, 3.8) is 0 Å². The Bertz CT molecular complexity index is 423. The lowest BCUT2D eigenvalue weighted by Gasteiger charge is -1.95. The molecule has 0 spiro atoms. The van der Waals surface area contributed by atoms with Crippen LogP contribution in [0.3, 0.4) is 0 Å². The third-order valence-electron chi connectivity index (χ3n) is 1.89. The number of esters is 1. The number of hydrogen-bond donors (Lipinski definition) is 0. The van der Waals surface area contributed by atoms with E-state index in [1.807, 2.05) is 30.3 Å². The van der Waals surface area contributed by atoms with Crippen LogP contribution in [0.25, 0.3) is 11.0 Å². The van der Waals surface area contributed by atoms with Gasteiger partial charge >= 0.3 is 5.97 Å². The number of para-hydroxylation sites is 1. The molecule has 0 aliphatic carbocycles. The molecule has 3 nitrogen and oxygen atoms in total. The predicted octanol–water partition coefficient (Wildman–Crippen LogP) is 2.50. The molecule has 0 aliphatic rings. The number of hydrogen-bond acceptors (Lipinski definition) is 3. The molecule has 0 saturated carbocycles. The molecule has 0 unspecified atom stereocenters.